The molecule has 2 aliphatic heterocycles. The van der Waals surface area contributed by atoms with Crippen molar-refractivity contribution >= 4 is 17.5 Å². The molecule has 0 aliphatic carbocycles. The van der Waals surface area contributed by atoms with E-state index in [2.05, 4.69) is 0 Å². The van der Waals surface area contributed by atoms with E-state index >= 15 is 0 Å². The van der Waals surface area contributed by atoms with Crippen LogP contribution in [-0.2, 0) is 6.18 Å². The molecule has 2 unspecified atom stereocenters. The topological polar surface area (TPSA) is 17.1 Å². The van der Waals surface area contributed by atoms with Crippen LogP contribution in [0.2, 0.25) is 0 Å². The van der Waals surface area contributed by atoms with E-state index in [0.29, 0.717) is 21.6 Å². The van der Waals surface area contributed by atoms with Crippen molar-refractivity contribution in [1.82, 2.24) is 0 Å². The van der Waals surface area contributed by atoms with Crippen LogP contribution < -0.4 is 0 Å². The molecule has 2 saturated heterocycles. The van der Waals surface area contributed by atoms with E-state index < -0.39 is 11.7 Å². The van der Waals surface area contributed by atoms with E-state index in [1.807, 2.05) is 11.8 Å². The Morgan fingerprint density at radius 1 is 1.19 bits per heavy atom. The van der Waals surface area contributed by atoms with Crippen LogP contribution in [-0.4, -0.2) is 16.3 Å². The Bertz CT molecular complexity index is 555. The third-order valence-electron chi connectivity index (χ3n) is 4.48. The number of benzene rings is 1. The summed E-state index contributed by atoms with van der Waals surface area (Å²) < 4.78 is 38.0. The van der Waals surface area contributed by atoms with Crippen molar-refractivity contribution < 1.29 is 18.0 Å². The zero-order chi connectivity index (χ0) is 15.2. The lowest BCUT2D eigenvalue weighted by Crippen LogP contribution is -2.25. The summed E-state index contributed by atoms with van der Waals surface area (Å²) in [5, 5.41) is 1.12. The molecule has 2 fully saturated rings. The van der Waals surface area contributed by atoms with Crippen molar-refractivity contribution in [3.8, 4) is 0 Å². The fraction of sp³-hybridized carbons (Fsp3) is 0.562. The molecule has 2 bridgehead atoms. The number of hydrogen-bond donors (Lipinski definition) is 0. The summed E-state index contributed by atoms with van der Waals surface area (Å²) in [6.45, 7) is 1.59. The molecule has 1 aromatic rings. The van der Waals surface area contributed by atoms with Gasteiger partial charge in [-0.25, -0.2) is 0 Å². The Hall–Kier alpha value is -0.970. The summed E-state index contributed by atoms with van der Waals surface area (Å²) in [6, 6.07) is 3.45. The second-order valence-corrected chi connectivity index (χ2v) is 7.62. The average Bonchev–Trinajstić information content (AvgIpc) is 2.75. The van der Waals surface area contributed by atoms with Crippen molar-refractivity contribution in [2.45, 2.75) is 49.3 Å². The van der Waals surface area contributed by atoms with Crippen LogP contribution in [0.25, 0.3) is 0 Å². The predicted octanol–water partition coefficient (Wildman–Crippen LogP) is 4.87. The molecule has 114 valence electrons. The zero-order valence-corrected chi connectivity index (χ0v) is 12.6. The Kier molecular flexibility index (Phi) is 3.80. The first-order valence-corrected chi connectivity index (χ1v) is 8.16. The van der Waals surface area contributed by atoms with Gasteiger partial charge in [0, 0.05) is 22.0 Å². The molecule has 0 aromatic heterocycles. The van der Waals surface area contributed by atoms with Gasteiger partial charge in [0.15, 0.2) is 5.78 Å². The SMILES string of the molecule is Cc1cc(C(F)(F)F)ccc1C(=O)C1CC2CCC(C1)S2. The van der Waals surface area contributed by atoms with Gasteiger partial charge in [0.25, 0.3) is 0 Å². The van der Waals surface area contributed by atoms with E-state index in [1.165, 1.54) is 18.9 Å². The number of hydrogen-bond acceptors (Lipinski definition) is 2. The van der Waals surface area contributed by atoms with Crippen molar-refractivity contribution in [2.24, 2.45) is 5.92 Å². The predicted molar refractivity (Wildman–Crippen MR) is 77.6 cm³/mol. The van der Waals surface area contributed by atoms with Gasteiger partial charge < -0.3 is 0 Å². The van der Waals surface area contributed by atoms with Gasteiger partial charge in [-0.1, -0.05) is 6.07 Å². The smallest absolute Gasteiger partial charge is 0.294 e. The summed E-state index contributed by atoms with van der Waals surface area (Å²) in [5.41, 5.74) is 0.204. The first kappa shape index (κ1) is 14.9. The molecule has 1 aromatic carbocycles. The maximum atomic E-state index is 12.7. The number of thioether (sulfide) groups is 1. The molecule has 0 N–H and O–H groups in total. The Morgan fingerprint density at radius 2 is 1.81 bits per heavy atom. The molecular formula is C16H17F3OS. The highest BCUT2D eigenvalue weighted by Crippen LogP contribution is 2.46. The Balaban J connectivity index is 1.82. The molecule has 2 heterocycles. The molecule has 5 heteroatoms. The van der Waals surface area contributed by atoms with Crippen LogP contribution in [0.5, 0.6) is 0 Å². The average molecular weight is 314 g/mol. The first-order chi connectivity index (χ1) is 9.84. The third kappa shape index (κ3) is 2.98. The van der Waals surface area contributed by atoms with Crippen LogP contribution in [0, 0.1) is 12.8 Å². The normalized spacial score (nSPS) is 28.7. The van der Waals surface area contributed by atoms with Gasteiger partial charge in [-0.05, 0) is 50.3 Å². The number of ketones is 1. The molecule has 0 saturated carbocycles. The summed E-state index contributed by atoms with van der Waals surface area (Å²) >= 11 is 1.98. The minimum absolute atomic E-state index is 0.0146. The van der Waals surface area contributed by atoms with E-state index in [9.17, 15) is 18.0 Å². The fourth-order valence-electron chi connectivity index (χ4n) is 3.41. The number of aryl methyl sites for hydroxylation is 1. The summed E-state index contributed by atoms with van der Waals surface area (Å²) in [5.74, 6) is 0.0117. The van der Waals surface area contributed by atoms with Crippen LogP contribution in [0.1, 0.15) is 47.2 Å². The fourth-order valence-corrected chi connectivity index (χ4v) is 5.18. The number of rotatable bonds is 2. The lowest BCUT2D eigenvalue weighted by atomic mass is 9.88. The highest BCUT2D eigenvalue weighted by Gasteiger charge is 2.38. The first-order valence-electron chi connectivity index (χ1n) is 7.22. The number of alkyl halides is 3. The van der Waals surface area contributed by atoms with Crippen LogP contribution >= 0.6 is 11.8 Å². The lowest BCUT2D eigenvalue weighted by molar-refractivity contribution is -0.137. The molecule has 2 atom stereocenters. The maximum Gasteiger partial charge on any atom is 0.416 e. The van der Waals surface area contributed by atoms with Gasteiger partial charge in [0.05, 0.1) is 5.56 Å². The summed E-state index contributed by atoms with van der Waals surface area (Å²) in [4.78, 5) is 12.6. The molecule has 21 heavy (non-hydrogen) atoms. The molecule has 0 spiro atoms. The second-order valence-electron chi connectivity index (χ2n) is 6.02. The van der Waals surface area contributed by atoms with E-state index in [1.54, 1.807) is 6.92 Å². The number of halogens is 3. The van der Waals surface area contributed by atoms with Gasteiger partial charge in [0.1, 0.15) is 0 Å². The van der Waals surface area contributed by atoms with Crippen LogP contribution in [0.4, 0.5) is 13.2 Å². The molecular weight excluding hydrogens is 297 g/mol. The van der Waals surface area contributed by atoms with E-state index in [0.717, 1.165) is 25.0 Å². The minimum Gasteiger partial charge on any atom is -0.294 e. The second kappa shape index (κ2) is 5.34. The van der Waals surface area contributed by atoms with Crippen molar-refractivity contribution in [2.75, 3.05) is 0 Å². The highest BCUT2D eigenvalue weighted by atomic mass is 32.2. The van der Waals surface area contributed by atoms with Gasteiger partial charge in [0.2, 0.25) is 0 Å². The van der Waals surface area contributed by atoms with Crippen molar-refractivity contribution in [1.29, 1.82) is 0 Å². The quantitative estimate of drug-likeness (QED) is 0.724. The molecule has 0 radical (unpaired) electrons. The third-order valence-corrected chi connectivity index (χ3v) is 6.11. The Labute approximate surface area is 126 Å². The summed E-state index contributed by atoms with van der Waals surface area (Å²) in [6.07, 6.45) is -0.260. The van der Waals surface area contributed by atoms with Gasteiger partial charge in [-0.15, -0.1) is 0 Å². The minimum atomic E-state index is -4.35. The van der Waals surface area contributed by atoms with E-state index in [4.69, 9.17) is 0 Å². The van der Waals surface area contributed by atoms with Crippen LogP contribution in [0.15, 0.2) is 18.2 Å². The van der Waals surface area contributed by atoms with Crippen LogP contribution in [0.3, 0.4) is 0 Å². The van der Waals surface area contributed by atoms with Crippen molar-refractivity contribution in [3.63, 3.8) is 0 Å². The lowest BCUT2D eigenvalue weighted by Gasteiger charge is -2.26. The standard InChI is InChI=1S/C16H17F3OS/c1-9-6-11(16(17,18)19)2-5-14(9)15(20)10-7-12-3-4-13(8-10)21-12/h2,5-6,10,12-13H,3-4,7-8H2,1H3. The number of carbonyl (C=O) groups is 1. The largest absolute Gasteiger partial charge is 0.416 e. The summed E-state index contributed by atoms with van der Waals surface area (Å²) in [7, 11) is 0. The van der Waals surface area contributed by atoms with E-state index in [-0.39, 0.29) is 11.7 Å². The molecule has 2 aliphatic rings. The molecule has 1 nitrogen and oxygen atoms in total. The Morgan fingerprint density at radius 3 is 2.33 bits per heavy atom. The van der Waals surface area contributed by atoms with Gasteiger partial charge in [-0.3, -0.25) is 4.79 Å². The molecule has 0 amide bonds. The van der Waals surface area contributed by atoms with Gasteiger partial charge >= 0.3 is 6.18 Å². The molecule has 3 rings (SSSR count). The highest BCUT2D eigenvalue weighted by molar-refractivity contribution is 8.00. The monoisotopic (exact) mass is 314 g/mol. The maximum absolute atomic E-state index is 12.7. The number of fused-ring (bicyclic) bond motifs is 2. The number of carbonyl (C=O) groups excluding carboxylic acids is 1. The zero-order valence-electron chi connectivity index (χ0n) is 11.7. The van der Waals surface area contributed by atoms with Gasteiger partial charge in [-0.2, -0.15) is 24.9 Å². The number of Topliss-reactive ketones (excluding diaryl/α,β-unsaturated/α-hetero) is 1. The van der Waals surface area contributed by atoms with Crippen molar-refractivity contribution in [3.05, 3.63) is 34.9 Å².